The Morgan fingerprint density at radius 1 is 1.32 bits per heavy atom. The van der Waals surface area contributed by atoms with E-state index in [1.54, 1.807) is 30.6 Å². The molecular weight excluding hydrogens is 245 g/mol. The van der Waals surface area contributed by atoms with Crippen LogP contribution in [0.4, 0.5) is 9.18 Å². The summed E-state index contributed by atoms with van der Waals surface area (Å²) in [5, 5.41) is 6.92. The Bertz CT molecular complexity index is 573. The van der Waals surface area contributed by atoms with Gasteiger partial charge in [-0.25, -0.2) is 9.18 Å². The molecule has 98 valence electrons. The van der Waals surface area contributed by atoms with Gasteiger partial charge in [0.2, 0.25) is 0 Å². The molecule has 0 radical (unpaired) electrons. The van der Waals surface area contributed by atoms with Crippen LogP contribution in [0.5, 0.6) is 0 Å². The normalized spacial score (nSPS) is 16.7. The Kier molecular flexibility index (Phi) is 2.81. The van der Waals surface area contributed by atoms with E-state index >= 15 is 0 Å². The predicted molar refractivity (Wildman–Crippen MR) is 68.1 cm³/mol. The lowest BCUT2D eigenvalue weighted by Crippen LogP contribution is -2.52. The molecule has 1 aliphatic rings. The zero-order valence-electron chi connectivity index (χ0n) is 10.3. The van der Waals surface area contributed by atoms with Gasteiger partial charge in [0.25, 0.3) is 0 Å². The van der Waals surface area contributed by atoms with Crippen LogP contribution in [-0.4, -0.2) is 15.8 Å². The minimum atomic E-state index is -0.378. The highest BCUT2D eigenvalue weighted by Gasteiger charge is 2.40. The molecule has 3 rings (SSSR count). The molecule has 0 bridgehead atoms. The van der Waals surface area contributed by atoms with E-state index in [4.69, 9.17) is 0 Å². The number of amides is 1. The van der Waals surface area contributed by atoms with Crippen LogP contribution >= 0.6 is 0 Å². The largest absolute Gasteiger partial charge is 0.342 e. The van der Waals surface area contributed by atoms with Crippen molar-refractivity contribution < 1.29 is 9.18 Å². The lowest BCUT2D eigenvalue weighted by molar-refractivity contribution is 0.176. The molecule has 0 atom stereocenters. The van der Waals surface area contributed by atoms with Crippen LogP contribution in [0.2, 0.25) is 0 Å². The number of rotatable bonds is 2. The molecule has 1 aliphatic carbocycles. The maximum atomic E-state index is 13.0. The first kappa shape index (κ1) is 11.9. The second-order valence-corrected chi connectivity index (χ2v) is 4.82. The third-order valence-electron chi connectivity index (χ3n) is 3.66. The summed E-state index contributed by atoms with van der Waals surface area (Å²) in [5.41, 5.74) is 0.567. The van der Waals surface area contributed by atoms with Crippen LogP contribution in [-0.2, 0) is 5.54 Å². The summed E-state index contributed by atoms with van der Waals surface area (Å²) in [6, 6.07) is 7.76. The van der Waals surface area contributed by atoms with Crippen LogP contribution in [0.1, 0.15) is 24.8 Å². The van der Waals surface area contributed by atoms with E-state index in [1.807, 2.05) is 0 Å². The minimum absolute atomic E-state index is 0.256. The van der Waals surface area contributed by atoms with Gasteiger partial charge in [-0.2, -0.15) is 9.78 Å². The van der Waals surface area contributed by atoms with Crippen LogP contribution < -0.4 is 5.32 Å². The number of benzene rings is 1. The van der Waals surface area contributed by atoms with Crippen LogP contribution in [0.3, 0.4) is 0 Å². The zero-order valence-corrected chi connectivity index (χ0v) is 10.3. The lowest BCUT2D eigenvalue weighted by Gasteiger charge is -2.42. The highest BCUT2D eigenvalue weighted by molar-refractivity contribution is 5.76. The van der Waals surface area contributed by atoms with Crippen LogP contribution in [0.15, 0.2) is 42.7 Å². The number of hydrogen-bond acceptors (Lipinski definition) is 2. The quantitative estimate of drug-likeness (QED) is 0.901. The number of carbonyl (C=O) groups is 1. The molecule has 1 N–H and O–H groups in total. The van der Waals surface area contributed by atoms with Crippen molar-refractivity contribution in [2.24, 2.45) is 0 Å². The van der Waals surface area contributed by atoms with E-state index in [2.05, 4.69) is 10.4 Å². The number of nitrogens with zero attached hydrogens (tertiary/aromatic N) is 2. The molecule has 0 aliphatic heterocycles. The molecule has 1 fully saturated rings. The highest BCUT2D eigenvalue weighted by atomic mass is 19.1. The van der Waals surface area contributed by atoms with Crippen LogP contribution in [0.25, 0.3) is 0 Å². The second-order valence-electron chi connectivity index (χ2n) is 4.82. The molecule has 0 spiro atoms. The maximum absolute atomic E-state index is 13.0. The van der Waals surface area contributed by atoms with Crippen molar-refractivity contribution >= 4 is 6.03 Å². The third kappa shape index (κ3) is 2.12. The maximum Gasteiger partial charge on any atom is 0.342 e. The van der Waals surface area contributed by atoms with Crippen molar-refractivity contribution in [3.05, 3.63) is 54.1 Å². The summed E-state index contributed by atoms with van der Waals surface area (Å²) >= 11 is 0. The van der Waals surface area contributed by atoms with E-state index in [0.29, 0.717) is 0 Å². The summed E-state index contributed by atoms with van der Waals surface area (Å²) in [6.45, 7) is 0. The Balaban J connectivity index is 1.83. The fourth-order valence-electron chi connectivity index (χ4n) is 2.44. The van der Waals surface area contributed by atoms with Gasteiger partial charge in [-0.05, 0) is 43.0 Å². The van der Waals surface area contributed by atoms with Crippen molar-refractivity contribution in [3.63, 3.8) is 0 Å². The van der Waals surface area contributed by atoms with E-state index in [0.717, 1.165) is 24.8 Å². The zero-order chi connectivity index (χ0) is 13.3. The van der Waals surface area contributed by atoms with Crippen molar-refractivity contribution in [3.8, 4) is 0 Å². The molecule has 1 heterocycles. The van der Waals surface area contributed by atoms with Crippen molar-refractivity contribution in [2.45, 2.75) is 24.8 Å². The fraction of sp³-hybridized carbons (Fsp3) is 0.286. The van der Waals surface area contributed by atoms with Crippen molar-refractivity contribution in [1.29, 1.82) is 0 Å². The number of carbonyl (C=O) groups excluding carboxylic acids is 1. The second kappa shape index (κ2) is 4.50. The lowest BCUT2D eigenvalue weighted by atomic mass is 9.72. The van der Waals surface area contributed by atoms with Crippen molar-refractivity contribution in [1.82, 2.24) is 15.1 Å². The average molecular weight is 259 g/mol. The van der Waals surface area contributed by atoms with Gasteiger partial charge < -0.3 is 5.32 Å². The molecule has 0 unspecified atom stereocenters. The topological polar surface area (TPSA) is 46.9 Å². The van der Waals surface area contributed by atoms with Gasteiger partial charge in [0.1, 0.15) is 5.82 Å². The van der Waals surface area contributed by atoms with Crippen molar-refractivity contribution in [2.75, 3.05) is 0 Å². The van der Waals surface area contributed by atoms with Gasteiger partial charge >= 0.3 is 6.03 Å². The Hall–Kier alpha value is -2.17. The van der Waals surface area contributed by atoms with Crippen LogP contribution in [0, 0.1) is 5.82 Å². The molecule has 0 saturated heterocycles. The first-order chi connectivity index (χ1) is 9.20. The van der Waals surface area contributed by atoms with Gasteiger partial charge in [-0.3, -0.25) is 0 Å². The number of aromatic nitrogens is 2. The Morgan fingerprint density at radius 3 is 2.58 bits per heavy atom. The van der Waals surface area contributed by atoms with E-state index < -0.39 is 0 Å². The summed E-state index contributed by atoms with van der Waals surface area (Å²) < 4.78 is 14.2. The summed E-state index contributed by atoms with van der Waals surface area (Å²) in [6.07, 6.45) is 5.95. The highest BCUT2D eigenvalue weighted by Crippen LogP contribution is 2.41. The molecule has 19 heavy (non-hydrogen) atoms. The molecule has 2 aromatic rings. The Labute approximate surface area is 110 Å². The minimum Gasteiger partial charge on any atom is -0.327 e. The summed E-state index contributed by atoms with van der Waals surface area (Å²) in [5.74, 6) is -0.267. The SMILES string of the molecule is O=C(NC1(c2ccc(F)cc2)CCC1)n1cccn1. The number of nitrogens with one attached hydrogen (secondary N) is 1. The summed E-state index contributed by atoms with van der Waals surface area (Å²) in [4.78, 5) is 12.1. The van der Waals surface area contributed by atoms with E-state index in [9.17, 15) is 9.18 Å². The molecule has 1 amide bonds. The number of hydrogen-bond donors (Lipinski definition) is 1. The van der Waals surface area contributed by atoms with Gasteiger partial charge in [-0.1, -0.05) is 12.1 Å². The molecule has 5 heteroatoms. The first-order valence-corrected chi connectivity index (χ1v) is 6.28. The molecule has 1 aromatic heterocycles. The molecule has 1 aromatic carbocycles. The van der Waals surface area contributed by atoms with Gasteiger partial charge in [0.05, 0.1) is 5.54 Å². The standard InChI is InChI=1S/C14H14FN3O/c15-12-5-3-11(4-6-12)14(7-1-8-14)17-13(19)18-10-2-9-16-18/h2-6,9-10H,1,7-8H2,(H,17,19). The predicted octanol–water partition coefficient (Wildman–Crippen LogP) is 2.66. The molecule has 1 saturated carbocycles. The van der Waals surface area contributed by atoms with Gasteiger partial charge in [-0.15, -0.1) is 0 Å². The average Bonchev–Trinajstić information content (AvgIpc) is 2.89. The molecular formula is C14H14FN3O. The Morgan fingerprint density at radius 2 is 2.05 bits per heavy atom. The van der Waals surface area contributed by atoms with E-state index in [1.165, 1.54) is 16.8 Å². The smallest absolute Gasteiger partial charge is 0.327 e. The van der Waals surface area contributed by atoms with Gasteiger partial charge in [0, 0.05) is 12.4 Å². The van der Waals surface area contributed by atoms with Gasteiger partial charge in [0.15, 0.2) is 0 Å². The first-order valence-electron chi connectivity index (χ1n) is 6.28. The molecule has 4 nitrogen and oxygen atoms in total. The monoisotopic (exact) mass is 259 g/mol. The van der Waals surface area contributed by atoms with E-state index in [-0.39, 0.29) is 17.4 Å². The fourth-order valence-corrected chi connectivity index (χ4v) is 2.44. The summed E-state index contributed by atoms with van der Waals surface area (Å²) in [7, 11) is 0. The number of halogens is 1. The third-order valence-corrected chi connectivity index (χ3v) is 3.66.